The zero-order chi connectivity index (χ0) is 15.5. The van der Waals surface area contributed by atoms with Crippen LogP contribution in [0.5, 0.6) is 0 Å². The first-order valence-corrected chi connectivity index (χ1v) is 8.62. The lowest BCUT2D eigenvalue weighted by atomic mass is 9.87. The Hall–Kier alpha value is -1.40. The van der Waals surface area contributed by atoms with Crippen molar-refractivity contribution in [2.24, 2.45) is 0 Å². The number of carbonyl (C=O) groups is 2. The third kappa shape index (κ3) is 3.67. The third-order valence-corrected chi connectivity index (χ3v) is 5.03. The molecule has 2 fully saturated rings. The van der Waals surface area contributed by atoms with Gasteiger partial charge >= 0.3 is 0 Å². The van der Waals surface area contributed by atoms with Crippen LogP contribution in [0.4, 0.5) is 5.69 Å². The lowest BCUT2D eigenvalue weighted by Crippen LogP contribution is -3.03. The van der Waals surface area contributed by atoms with Gasteiger partial charge in [0, 0.05) is 16.6 Å². The van der Waals surface area contributed by atoms with E-state index in [4.69, 9.17) is 0 Å². The van der Waals surface area contributed by atoms with Gasteiger partial charge in [0.2, 0.25) is 5.91 Å². The molecule has 3 atom stereocenters. The molecular formula is C16H21BrN3O2+. The molecule has 0 bridgehead atoms. The van der Waals surface area contributed by atoms with Crippen LogP contribution in [0.2, 0.25) is 0 Å². The van der Waals surface area contributed by atoms with Crippen LogP contribution >= 0.6 is 15.9 Å². The van der Waals surface area contributed by atoms with E-state index in [0.29, 0.717) is 6.04 Å². The zero-order valence-electron chi connectivity index (χ0n) is 12.3. The number of anilines is 1. The Morgan fingerprint density at radius 2 is 2.00 bits per heavy atom. The number of nitrogens with two attached hydrogens (primary N) is 1. The molecule has 0 unspecified atom stereocenters. The van der Waals surface area contributed by atoms with E-state index in [1.165, 1.54) is 12.8 Å². The van der Waals surface area contributed by atoms with Crippen LogP contribution in [0.25, 0.3) is 0 Å². The summed E-state index contributed by atoms with van der Waals surface area (Å²) in [4.78, 5) is 24.3. The van der Waals surface area contributed by atoms with Gasteiger partial charge < -0.3 is 16.0 Å². The summed E-state index contributed by atoms with van der Waals surface area (Å²) in [5.41, 5.74) is 0.750. The molecule has 22 heavy (non-hydrogen) atoms. The van der Waals surface area contributed by atoms with Gasteiger partial charge in [0.1, 0.15) is 6.04 Å². The average Bonchev–Trinajstić information content (AvgIpc) is 2.50. The van der Waals surface area contributed by atoms with Crippen molar-refractivity contribution in [3.63, 3.8) is 0 Å². The molecular weight excluding hydrogens is 346 g/mol. The molecule has 5 nitrogen and oxygen atoms in total. The standard InChI is InChI=1S/C16H20BrN3O2/c17-10-5-7-11(8-6-10)18-15(21)9-14-16(22)20-13-4-2-1-3-12(13)19-14/h5-8,12-14,19H,1-4,9H2,(H,18,21)(H,20,22)/p+1/t12-,13+,14+/m1/s1. The molecule has 0 radical (unpaired) electrons. The summed E-state index contributed by atoms with van der Waals surface area (Å²) >= 11 is 3.36. The van der Waals surface area contributed by atoms with Crippen molar-refractivity contribution in [2.75, 3.05) is 5.32 Å². The Labute approximate surface area is 138 Å². The molecule has 0 spiro atoms. The maximum absolute atomic E-state index is 12.2. The topological polar surface area (TPSA) is 74.8 Å². The molecule has 1 saturated heterocycles. The van der Waals surface area contributed by atoms with Crippen molar-refractivity contribution in [2.45, 2.75) is 50.2 Å². The van der Waals surface area contributed by atoms with Gasteiger partial charge in [0.15, 0.2) is 6.04 Å². The Morgan fingerprint density at radius 1 is 1.27 bits per heavy atom. The summed E-state index contributed by atoms with van der Waals surface area (Å²) in [6.45, 7) is 0. The van der Waals surface area contributed by atoms with Gasteiger partial charge in [-0.05, 0) is 37.1 Å². The number of amides is 2. The summed E-state index contributed by atoms with van der Waals surface area (Å²) < 4.78 is 0.967. The van der Waals surface area contributed by atoms with Gasteiger partial charge in [-0.15, -0.1) is 0 Å². The van der Waals surface area contributed by atoms with Gasteiger partial charge in [-0.1, -0.05) is 22.4 Å². The van der Waals surface area contributed by atoms with Crippen LogP contribution in [0.3, 0.4) is 0 Å². The minimum absolute atomic E-state index is 0.00546. The predicted octanol–water partition coefficient (Wildman–Crippen LogP) is 1.15. The highest BCUT2D eigenvalue weighted by molar-refractivity contribution is 9.10. The van der Waals surface area contributed by atoms with E-state index in [1.807, 2.05) is 24.3 Å². The minimum Gasteiger partial charge on any atom is -0.342 e. The van der Waals surface area contributed by atoms with Crippen molar-refractivity contribution in [3.8, 4) is 0 Å². The van der Waals surface area contributed by atoms with Crippen molar-refractivity contribution >= 4 is 33.4 Å². The van der Waals surface area contributed by atoms with E-state index in [2.05, 4.69) is 31.9 Å². The molecule has 2 aliphatic rings. The monoisotopic (exact) mass is 366 g/mol. The lowest BCUT2D eigenvalue weighted by Gasteiger charge is -2.37. The lowest BCUT2D eigenvalue weighted by molar-refractivity contribution is -0.718. The second-order valence-electron chi connectivity index (χ2n) is 6.12. The van der Waals surface area contributed by atoms with Crippen LogP contribution in [0.15, 0.2) is 28.7 Å². The minimum atomic E-state index is -0.310. The van der Waals surface area contributed by atoms with Crippen molar-refractivity contribution in [1.82, 2.24) is 5.32 Å². The van der Waals surface area contributed by atoms with Crippen LogP contribution in [0.1, 0.15) is 32.1 Å². The van der Waals surface area contributed by atoms with Crippen LogP contribution in [0, 0.1) is 0 Å². The number of benzene rings is 1. The first-order valence-electron chi connectivity index (χ1n) is 7.82. The summed E-state index contributed by atoms with van der Waals surface area (Å²) in [6, 6.07) is 7.83. The number of quaternary nitrogens is 1. The Balaban J connectivity index is 1.56. The van der Waals surface area contributed by atoms with Crippen LogP contribution < -0.4 is 16.0 Å². The molecule has 4 N–H and O–H groups in total. The van der Waals surface area contributed by atoms with E-state index in [-0.39, 0.29) is 30.3 Å². The largest absolute Gasteiger partial charge is 0.342 e. The molecule has 118 valence electrons. The van der Waals surface area contributed by atoms with E-state index < -0.39 is 0 Å². The smallest absolute Gasteiger partial charge is 0.279 e. The van der Waals surface area contributed by atoms with Crippen LogP contribution in [-0.2, 0) is 9.59 Å². The molecule has 2 amide bonds. The maximum atomic E-state index is 12.2. The van der Waals surface area contributed by atoms with E-state index in [0.717, 1.165) is 23.0 Å². The Bertz CT molecular complexity index is 561. The highest BCUT2D eigenvalue weighted by Crippen LogP contribution is 2.19. The molecule has 3 rings (SSSR count). The van der Waals surface area contributed by atoms with Crippen molar-refractivity contribution in [3.05, 3.63) is 28.7 Å². The third-order valence-electron chi connectivity index (χ3n) is 4.50. The second kappa shape index (κ2) is 6.79. The number of hydrogen-bond acceptors (Lipinski definition) is 2. The molecule has 6 heteroatoms. The highest BCUT2D eigenvalue weighted by Gasteiger charge is 2.40. The van der Waals surface area contributed by atoms with E-state index >= 15 is 0 Å². The average molecular weight is 367 g/mol. The second-order valence-corrected chi connectivity index (χ2v) is 7.04. The van der Waals surface area contributed by atoms with Gasteiger partial charge in [-0.25, -0.2) is 0 Å². The fraction of sp³-hybridized carbons (Fsp3) is 0.500. The SMILES string of the molecule is O=C(C[C@@H]1[NH2+][C@@H]2CCCC[C@@H]2NC1=O)Nc1ccc(Br)cc1. The molecule has 1 aliphatic heterocycles. The van der Waals surface area contributed by atoms with E-state index in [9.17, 15) is 9.59 Å². The summed E-state index contributed by atoms with van der Waals surface area (Å²) in [5, 5.41) is 8.04. The number of hydrogen-bond donors (Lipinski definition) is 3. The van der Waals surface area contributed by atoms with Crippen molar-refractivity contribution < 1.29 is 14.9 Å². The number of carbonyl (C=O) groups excluding carboxylic acids is 2. The van der Waals surface area contributed by atoms with Crippen LogP contribution in [-0.4, -0.2) is 29.9 Å². The zero-order valence-corrected chi connectivity index (χ0v) is 13.9. The number of rotatable bonds is 3. The van der Waals surface area contributed by atoms with Crippen molar-refractivity contribution in [1.29, 1.82) is 0 Å². The summed E-state index contributed by atoms with van der Waals surface area (Å²) in [7, 11) is 0. The predicted molar refractivity (Wildman–Crippen MR) is 87.3 cm³/mol. The fourth-order valence-electron chi connectivity index (χ4n) is 3.35. The molecule has 1 heterocycles. The number of fused-ring (bicyclic) bond motifs is 1. The number of halogens is 1. The highest BCUT2D eigenvalue weighted by atomic mass is 79.9. The fourth-order valence-corrected chi connectivity index (χ4v) is 3.61. The summed E-state index contributed by atoms with van der Waals surface area (Å²) in [6.07, 6.45) is 4.79. The maximum Gasteiger partial charge on any atom is 0.279 e. The number of nitrogens with one attached hydrogen (secondary N) is 2. The molecule has 1 saturated carbocycles. The van der Waals surface area contributed by atoms with Gasteiger partial charge in [-0.3, -0.25) is 9.59 Å². The first-order chi connectivity index (χ1) is 10.6. The Morgan fingerprint density at radius 3 is 2.77 bits per heavy atom. The molecule has 1 aromatic rings. The van der Waals surface area contributed by atoms with Gasteiger partial charge in [0.25, 0.3) is 5.91 Å². The van der Waals surface area contributed by atoms with Gasteiger partial charge in [-0.2, -0.15) is 0 Å². The van der Waals surface area contributed by atoms with E-state index in [1.54, 1.807) is 0 Å². The molecule has 1 aromatic carbocycles. The normalized spacial score (nSPS) is 27.7. The molecule has 1 aliphatic carbocycles. The quantitative estimate of drug-likeness (QED) is 0.750. The number of piperazine rings is 1. The first kappa shape index (κ1) is 15.5. The molecule has 0 aromatic heterocycles. The Kier molecular flexibility index (Phi) is 4.78. The van der Waals surface area contributed by atoms with Gasteiger partial charge in [0.05, 0.1) is 12.5 Å². The summed E-state index contributed by atoms with van der Waals surface area (Å²) in [5.74, 6) is -0.123.